The molecule has 0 aromatic rings. The van der Waals surface area contributed by atoms with Gasteiger partial charge in [0, 0.05) is 24.8 Å². The Morgan fingerprint density at radius 2 is 1.26 bits per heavy atom. The molecule has 2 fully saturated rings. The number of amides is 2. The van der Waals surface area contributed by atoms with E-state index in [2.05, 4.69) is 64.4 Å². The fraction of sp³-hybridized carbons (Fsp3) is 0.929. The maximum Gasteiger partial charge on any atom is 0.218 e. The molecule has 2 heterocycles. The summed E-state index contributed by atoms with van der Waals surface area (Å²) in [5, 5.41) is 20.0. The Kier molecular flexibility index (Phi) is 19.7. The van der Waals surface area contributed by atoms with Crippen molar-refractivity contribution >= 4 is 27.7 Å². The van der Waals surface area contributed by atoms with E-state index < -0.39 is 6.10 Å². The van der Waals surface area contributed by atoms with Crippen molar-refractivity contribution in [2.75, 3.05) is 25.2 Å². The maximum atomic E-state index is 10.6. The van der Waals surface area contributed by atoms with Gasteiger partial charge in [-0.25, -0.2) is 0 Å². The van der Waals surface area contributed by atoms with Crippen LogP contribution in [0.25, 0.3) is 0 Å². The zero-order valence-electron chi connectivity index (χ0n) is 24.6. The van der Waals surface area contributed by atoms with Gasteiger partial charge < -0.3 is 35.9 Å². The normalized spacial score (nSPS) is 34.8. The molecule has 0 saturated carbocycles. The topological polar surface area (TPSA) is 154 Å². The molecule has 10 atom stereocenters. The van der Waals surface area contributed by atoms with E-state index in [1.807, 2.05) is 0 Å². The summed E-state index contributed by atoms with van der Waals surface area (Å²) in [5.74, 6) is 1.73. The van der Waals surface area contributed by atoms with E-state index in [1.54, 1.807) is 0 Å². The summed E-state index contributed by atoms with van der Waals surface area (Å²) in [6, 6.07) is 0. The number of halogens is 1. The second-order valence-electron chi connectivity index (χ2n) is 10.8. The van der Waals surface area contributed by atoms with Gasteiger partial charge >= 0.3 is 0 Å². The lowest BCUT2D eigenvalue weighted by Gasteiger charge is -2.43. The van der Waals surface area contributed by atoms with Crippen LogP contribution in [0.15, 0.2) is 0 Å². The highest BCUT2D eigenvalue weighted by Gasteiger charge is 2.40. The van der Waals surface area contributed by atoms with Crippen LogP contribution in [0.2, 0.25) is 0 Å². The monoisotopic (exact) mass is 610 g/mol. The average Bonchev–Trinajstić information content (AvgIpc) is 2.87. The third-order valence-corrected chi connectivity index (χ3v) is 8.58. The fourth-order valence-corrected chi connectivity index (χ4v) is 5.36. The van der Waals surface area contributed by atoms with E-state index in [1.165, 1.54) is 0 Å². The minimum atomic E-state index is -0.492. The van der Waals surface area contributed by atoms with E-state index in [4.69, 9.17) is 30.8 Å². The van der Waals surface area contributed by atoms with Crippen molar-refractivity contribution in [3.8, 4) is 0 Å². The maximum absolute atomic E-state index is 10.6. The minimum Gasteiger partial charge on any atom is -0.394 e. The summed E-state index contributed by atoms with van der Waals surface area (Å²) >= 11 is 3.05. The Hall–Kier alpha value is -0.780. The molecule has 2 aliphatic rings. The molecule has 2 amide bonds. The van der Waals surface area contributed by atoms with Gasteiger partial charge in [0.25, 0.3) is 0 Å². The van der Waals surface area contributed by atoms with Crippen LogP contribution in [0.1, 0.15) is 80.6 Å². The third-order valence-electron chi connectivity index (χ3n) is 8.19. The van der Waals surface area contributed by atoms with Crippen LogP contribution in [-0.4, -0.2) is 77.7 Å². The number of carbonyl (C=O) groups is 2. The molecule has 0 aromatic carbocycles. The molecule has 10 heteroatoms. The van der Waals surface area contributed by atoms with Gasteiger partial charge in [-0.2, -0.15) is 0 Å². The van der Waals surface area contributed by atoms with E-state index >= 15 is 0 Å². The van der Waals surface area contributed by atoms with Crippen LogP contribution in [0.3, 0.4) is 0 Å². The number of alkyl halides is 1. The molecule has 0 aromatic heterocycles. The molecule has 9 nitrogen and oxygen atoms in total. The number of nitrogens with two attached hydrogens (primary N) is 2. The van der Waals surface area contributed by atoms with Gasteiger partial charge in [-0.05, 0) is 48.9 Å². The number of ether oxygens (including phenoxy) is 3. The molecule has 2 rings (SSSR count). The number of primary amides is 2. The van der Waals surface area contributed by atoms with E-state index in [9.17, 15) is 14.7 Å². The summed E-state index contributed by atoms with van der Waals surface area (Å²) in [7, 11) is 0. The van der Waals surface area contributed by atoms with Crippen molar-refractivity contribution in [2.24, 2.45) is 41.1 Å². The minimum absolute atomic E-state index is 0.0520. The van der Waals surface area contributed by atoms with Gasteiger partial charge in [0.05, 0.1) is 37.6 Å². The first-order valence-corrected chi connectivity index (χ1v) is 15.3. The van der Waals surface area contributed by atoms with Crippen molar-refractivity contribution in [1.82, 2.24) is 0 Å². The van der Waals surface area contributed by atoms with Gasteiger partial charge in [0.1, 0.15) is 6.10 Å². The Labute approximate surface area is 238 Å². The van der Waals surface area contributed by atoms with Gasteiger partial charge in [-0.3, -0.25) is 9.59 Å². The molecule has 4 unspecified atom stereocenters. The lowest BCUT2D eigenvalue weighted by Crippen LogP contribution is -2.50. The van der Waals surface area contributed by atoms with Crippen molar-refractivity contribution < 1.29 is 34.0 Å². The second kappa shape index (κ2) is 20.2. The van der Waals surface area contributed by atoms with Crippen LogP contribution < -0.4 is 11.5 Å². The molecule has 38 heavy (non-hydrogen) atoms. The SMILES string of the molecule is CC[C@H]1O[C@@H](CO)C(C)[C@@H](C)C1C.CC[C@H]1O[C@@H](COCCCC(N)=O)C(O)[C@@H](C)C1C.NC(=O)CCBr. The number of hydrogen-bond donors (Lipinski definition) is 4. The number of hydrogen-bond acceptors (Lipinski definition) is 7. The van der Waals surface area contributed by atoms with Crippen molar-refractivity contribution in [3.05, 3.63) is 0 Å². The van der Waals surface area contributed by atoms with Gasteiger partial charge in [0.15, 0.2) is 0 Å². The molecule has 6 N–H and O–H groups in total. The number of rotatable bonds is 11. The Balaban J connectivity index is 0.000000620. The van der Waals surface area contributed by atoms with E-state index in [-0.39, 0.29) is 42.7 Å². The summed E-state index contributed by atoms with van der Waals surface area (Å²) in [4.78, 5) is 20.4. The van der Waals surface area contributed by atoms with Crippen molar-refractivity contribution in [1.29, 1.82) is 0 Å². The predicted octanol–water partition coefficient (Wildman–Crippen LogP) is 3.40. The molecule has 0 bridgehead atoms. The molecule has 2 aliphatic heterocycles. The van der Waals surface area contributed by atoms with Crippen LogP contribution in [0.4, 0.5) is 0 Å². The molecular formula is C28H55BrN2O7. The molecule has 0 aliphatic carbocycles. The molecule has 2 saturated heterocycles. The zero-order chi connectivity index (χ0) is 29.4. The highest BCUT2D eigenvalue weighted by Crippen LogP contribution is 2.36. The first-order valence-electron chi connectivity index (χ1n) is 14.2. The largest absolute Gasteiger partial charge is 0.394 e. The van der Waals surface area contributed by atoms with Crippen molar-refractivity contribution in [2.45, 2.75) is 111 Å². The Morgan fingerprint density at radius 3 is 1.68 bits per heavy atom. The van der Waals surface area contributed by atoms with E-state index in [0.29, 0.717) is 67.6 Å². The second-order valence-corrected chi connectivity index (χ2v) is 11.6. The van der Waals surface area contributed by atoms with Crippen LogP contribution in [0, 0.1) is 29.6 Å². The first-order chi connectivity index (χ1) is 17.9. The smallest absolute Gasteiger partial charge is 0.218 e. The summed E-state index contributed by atoms with van der Waals surface area (Å²) in [6.45, 7) is 16.1. The van der Waals surface area contributed by atoms with Crippen LogP contribution in [0.5, 0.6) is 0 Å². The average molecular weight is 612 g/mol. The number of aliphatic hydroxyl groups is 2. The van der Waals surface area contributed by atoms with Gasteiger partial charge in [0.2, 0.25) is 11.8 Å². The van der Waals surface area contributed by atoms with Gasteiger partial charge in [-0.1, -0.05) is 64.4 Å². The summed E-state index contributed by atoms with van der Waals surface area (Å²) < 4.78 is 17.2. The van der Waals surface area contributed by atoms with Gasteiger partial charge in [-0.15, -0.1) is 0 Å². The molecule has 0 spiro atoms. The summed E-state index contributed by atoms with van der Waals surface area (Å²) in [6.07, 6.45) is 3.17. The third kappa shape index (κ3) is 13.0. The predicted molar refractivity (Wildman–Crippen MR) is 154 cm³/mol. The molecule has 226 valence electrons. The Morgan fingerprint density at radius 1 is 0.789 bits per heavy atom. The number of carbonyl (C=O) groups excluding carboxylic acids is 2. The lowest BCUT2D eigenvalue weighted by atomic mass is 9.76. The molecule has 0 radical (unpaired) electrons. The van der Waals surface area contributed by atoms with E-state index in [0.717, 1.165) is 12.8 Å². The highest BCUT2D eigenvalue weighted by atomic mass is 79.9. The molecular weight excluding hydrogens is 556 g/mol. The Bertz CT molecular complexity index is 635. The fourth-order valence-electron chi connectivity index (χ4n) is 4.97. The van der Waals surface area contributed by atoms with Crippen molar-refractivity contribution in [3.63, 3.8) is 0 Å². The highest BCUT2D eigenvalue weighted by molar-refractivity contribution is 9.09. The lowest BCUT2D eigenvalue weighted by molar-refractivity contribution is -0.186. The first kappa shape index (κ1) is 37.2. The standard InChI is InChI=1S/C14H27NO4.C11H22O2.C3H6BrNO/c1-4-11-9(2)10(3)14(17)12(19-11)8-18-7-5-6-13(15)16;1-5-10-8(3)7(2)9(4)11(6-12)13-10;4-2-1-3(5)6/h9-12,14,17H,4-8H2,1-3H3,(H2,15,16);7-12H,5-6H2,1-4H3;1-2H2,(H2,5,6)/t9?,10-,11+,12-,14?;7-,8?,9?,10+,11-;/m00./s1. The summed E-state index contributed by atoms with van der Waals surface area (Å²) in [5.41, 5.74) is 9.78. The number of aliphatic hydroxyl groups excluding tert-OH is 2. The van der Waals surface area contributed by atoms with Crippen LogP contribution in [-0.2, 0) is 23.8 Å². The zero-order valence-corrected chi connectivity index (χ0v) is 26.2. The van der Waals surface area contributed by atoms with Crippen LogP contribution >= 0.6 is 15.9 Å². The quantitative estimate of drug-likeness (QED) is 0.206.